The van der Waals surface area contributed by atoms with E-state index < -0.39 is 0 Å². The van der Waals surface area contributed by atoms with Crippen molar-refractivity contribution >= 4 is 5.91 Å². The van der Waals surface area contributed by atoms with Crippen molar-refractivity contribution in [1.82, 2.24) is 4.90 Å². The van der Waals surface area contributed by atoms with E-state index >= 15 is 0 Å². The van der Waals surface area contributed by atoms with E-state index in [2.05, 4.69) is 0 Å². The van der Waals surface area contributed by atoms with E-state index in [0.29, 0.717) is 12.3 Å². The number of aliphatic hydroxyl groups excluding tert-OH is 1. The molecule has 0 spiro atoms. The van der Waals surface area contributed by atoms with E-state index in [1.165, 1.54) is 6.42 Å². The number of carbonyl (C=O) groups is 1. The molecule has 0 radical (unpaired) electrons. The Bertz CT molecular complexity index is 220. The Hall–Kier alpha value is -0.610. The molecule has 0 aromatic carbocycles. The summed E-state index contributed by atoms with van der Waals surface area (Å²) in [5, 5.41) is 8.84. The van der Waals surface area contributed by atoms with E-state index in [0.717, 1.165) is 32.5 Å². The Labute approximate surface area is 90.2 Å². The summed E-state index contributed by atoms with van der Waals surface area (Å²) in [7, 11) is 0. The van der Waals surface area contributed by atoms with Gasteiger partial charge >= 0.3 is 0 Å². The molecule has 2 fully saturated rings. The number of hydrogen-bond donors (Lipinski definition) is 1. The summed E-state index contributed by atoms with van der Waals surface area (Å²) in [6.07, 6.45) is 3.98. The van der Waals surface area contributed by atoms with Gasteiger partial charge in [0.15, 0.2) is 0 Å². The highest BCUT2D eigenvalue weighted by atomic mass is 16.5. The van der Waals surface area contributed by atoms with Crippen molar-refractivity contribution in [2.45, 2.75) is 31.8 Å². The Morgan fingerprint density at radius 3 is 2.80 bits per heavy atom. The third kappa shape index (κ3) is 2.69. The van der Waals surface area contributed by atoms with Crippen LogP contribution in [0.2, 0.25) is 0 Å². The smallest absolute Gasteiger partial charge is 0.225 e. The molecule has 1 N–H and O–H groups in total. The van der Waals surface area contributed by atoms with Crippen molar-refractivity contribution in [3.63, 3.8) is 0 Å². The molecule has 2 rings (SSSR count). The minimum Gasteiger partial charge on any atom is -0.396 e. The number of carbonyl (C=O) groups excluding carboxylic acids is 1. The lowest BCUT2D eigenvalue weighted by Crippen LogP contribution is -2.52. The molecule has 1 atom stereocenters. The first-order chi connectivity index (χ1) is 7.29. The first-order valence-corrected chi connectivity index (χ1v) is 5.80. The standard InChI is InChI=1S/C11H19NO3/c13-8-9-6-12(7-9)11(14)5-10-3-1-2-4-15-10/h9-10,13H,1-8H2. The molecule has 0 aliphatic carbocycles. The van der Waals surface area contributed by atoms with Crippen molar-refractivity contribution in [2.75, 3.05) is 26.3 Å². The predicted molar refractivity (Wildman–Crippen MR) is 55.4 cm³/mol. The SMILES string of the molecule is O=C(CC1CCCCO1)N1CC(CO)C1. The lowest BCUT2D eigenvalue weighted by molar-refractivity contribution is -0.142. The van der Waals surface area contributed by atoms with E-state index in [-0.39, 0.29) is 18.6 Å². The van der Waals surface area contributed by atoms with E-state index in [4.69, 9.17) is 9.84 Å². The average molecular weight is 213 g/mol. The number of hydrogen-bond acceptors (Lipinski definition) is 3. The molecule has 2 aliphatic heterocycles. The van der Waals surface area contributed by atoms with Crippen LogP contribution >= 0.6 is 0 Å². The Kier molecular flexibility index (Phi) is 3.59. The van der Waals surface area contributed by atoms with Gasteiger partial charge in [0.25, 0.3) is 0 Å². The Morgan fingerprint density at radius 1 is 1.40 bits per heavy atom. The third-order valence-corrected chi connectivity index (χ3v) is 3.24. The van der Waals surface area contributed by atoms with Gasteiger partial charge in [0.05, 0.1) is 12.5 Å². The van der Waals surface area contributed by atoms with Crippen LogP contribution in [-0.4, -0.2) is 48.3 Å². The molecule has 15 heavy (non-hydrogen) atoms. The highest BCUT2D eigenvalue weighted by Gasteiger charge is 2.31. The summed E-state index contributed by atoms with van der Waals surface area (Å²) in [5.74, 6) is 0.493. The van der Waals surface area contributed by atoms with E-state index in [1.54, 1.807) is 0 Å². The van der Waals surface area contributed by atoms with Gasteiger partial charge in [0, 0.05) is 32.2 Å². The minimum atomic E-state index is 0.138. The minimum absolute atomic E-state index is 0.138. The molecule has 2 heterocycles. The first-order valence-electron chi connectivity index (χ1n) is 5.80. The summed E-state index contributed by atoms with van der Waals surface area (Å²) in [6.45, 7) is 2.45. The number of rotatable bonds is 3. The van der Waals surface area contributed by atoms with Crippen molar-refractivity contribution in [3.8, 4) is 0 Å². The molecule has 0 aromatic rings. The van der Waals surface area contributed by atoms with Gasteiger partial charge in [-0.05, 0) is 19.3 Å². The monoisotopic (exact) mass is 213 g/mol. The molecule has 0 bridgehead atoms. The summed E-state index contributed by atoms with van der Waals surface area (Å²) in [4.78, 5) is 13.5. The fourth-order valence-corrected chi connectivity index (χ4v) is 2.18. The van der Waals surface area contributed by atoms with Crippen LogP contribution in [0.3, 0.4) is 0 Å². The first kappa shape index (κ1) is 10.9. The van der Waals surface area contributed by atoms with Crippen LogP contribution in [0.25, 0.3) is 0 Å². The number of aliphatic hydroxyl groups is 1. The maximum Gasteiger partial charge on any atom is 0.225 e. The number of ether oxygens (including phenoxy) is 1. The summed E-state index contributed by atoms with van der Waals surface area (Å²) >= 11 is 0. The Morgan fingerprint density at radius 2 is 2.20 bits per heavy atom. The molecule has 1 unspecified atom stereocenters. The van der Waals surface area contributed by atoms with Crippen molar-refractivity contribution in [1.29, 1.82) is 0 Å². The molecule has 1 amide bonds. The van der Waals surface area contributed by atoms with Crippen molar-refractivity contribution in [3.05, 3.63) is 0 Å². The predicted octanol–water partition coefficient (Wildman–Crippen LogP) is 0.396. The lowest BCUT2D eigenvalue weighted by atomic mass is 9.99. The van der Waals surface area contributed by atoms with E-state index in [1.807, 2.05) is 4.90 Å². The maximum atomic E-state index is 11.7. The highest BCUT2D eigenvalue weighted by Crippen LogP contribution is 2.20. The average Bonchev–Trinajstić information content (AvgIpc) is 2.17. The zero-order valence-corrected chi connectivity index (χ0v) is 9.02. The largest absolute Gasteiger partial charge is 0.396 e. The van der Waals surface area contributed by atoms with Crippen LogP contribution < -0.4 is 0 Å². The summed E-state index contributed by atoms with van der Waals surface area (Å²) in [6, 6.07) is 0. The molecule has 86 valence electrons. The van der Waals surface area contributed by atoms with Crippen LogP contribution in [0, 0.1) is 5.92 Å². The number of amides is 1. The quantitative estimate of drug-likeness (QED) is 0.738. The molecule has 4 nitrogen and oxygen atoms in total. The summed E-state index contributed by atoms with van der Waals surface area (Å²) in [5.41, 5.74) is 0. The van der Waals surface area contributed by atoms with Gasteiger partial charge in [0.2, 0.25) is 5.91 Å². The molecule has 2 aliphatic rings. The fourth-order valence-electron chi connectivity index (χ4n) is 2.18. The van der Waals surface area contributed by atoms with Crippen LogP contribution in [0.15, 0.2) is 0 Å². The second kappa shape index (κ2) is 4.94. The zero-order chi connectivity index (χ0) is 10.7. The molecule has 2 saturated heterocycles. The fraction of sp³-hybridized carbons (Fsp3) is 0.909. The second-order valence-electron chi connectivity index (χ2n) is 4.54. The highest BCUT2D eigenvalue weighted by molar-refractivity contribution is 5.77. The van der Waals surface area contributed by atoms with Gasteiger partial charge in [0.1, 0.15) is 0 Å². The van der Waals surface area contributed by atoms with Gasteiger partial charge < -0.3 is 14.7 Å². The van der Waals surface area contributed by atoms with Gasteiger partial charge in [-0.25, -0.2) is 0 Å². The van der Waals surface area contributed by atoms with Gasteiger partial charge in [-0.2, -0.15) is 0 Å². The van der Waals surface area contributed by atoms with Crippen LogP contribution in [0.5, 0.6) is 0 Å². The molecule has 0 aromatic heterocycles. The van der Waals surface area contributed by atoms with Crippen LogP contribution in [0.4, 0.5) is 0 Å². The lowest BCUT2D eigenvalue weighted by Gasteiger charge is -2.39. The van der Waals surface area contributed by atoms with Crippen molar-refractivity contribution in [2.24, 2.45) is 5.92 Å². The topological polar surface area (TPSA) is 49.8 Å². The normalized spacial score (nSPS) is 27.5. The van der Waals surface area contributed by atoms with Gasteiger partial charge in [-0.3, -0.25) is 4.79 Å². The summed E-state index contributed by atoms with van der Waals surface area (Å²) < 4.78 is 5.52. The zero-order valence-electron chi connectivity index (χ0n) is 9.02. The molecule has 0 saturated carbocycles. The maximum absolute atomic E-state index is 11.7. The van der Waals surface area contributed by atoms with Crippen LogP contribution in [-0.2, 0) is 9.53 Å². The number of likely N-dealkylation sites (tertiary alicyclic amines) is 1. The third-order valence-electron chi connectivity index (χ3n) is 3.24. The molecular weight excluding hydrogens is 194 g/mol. The molecular formula is C11H19NO3. The van der Waals surface area contributed by atoms with Gasteiger partial charge in [-0.1, -0.05) is 0 Å². The second-order valence-corrected chi connectivity index (χ2v) is 4.54. The molecule has 4 heteroatoms. The Balaban J connectivity index is 1.68. The van der Waals surface area contributed by atoms with Crippen molar-refractivity contribution < 1.29 is 14.6 Å². The van der Waals surface area contributed by atoms with Gasteiger partial charge in [-0.15, -0.1) is 0 Å². The van der Waals surface area contributed by atoms with E-state index in [9.17, 15) is 4.79 Å². The number of nitrogens with zero attached hydrogens (tertiary/aromatic N) is 1. The van der Waals surface area contributed by atoms with Crippen LogP contribution in [0.1, 0.15) is 25.7 Å².